The van der Waals surface area contributed by atoms with Gasteiger partial charge in [-0.15, -0.1) is 5.10 Å². The van der Waals surface area contributed by atoms with Gasteiger partial charge in [0.2, 0.25) is 0 Å². The number of fused-ring (bicyclic) bond motifs is 1. The van der Waals surface area contributed by atoms with E-state index in [0.29, 0.717) is 35.0 Å². The first kappa shape index (κ1) is 18.8. The van der Waals surface area contributed by atoms with Crippen molar-refractivity contribution in [1.82, 2.24) is 25.0 Å². The molecule has 3 heterocycles. The predicted molar refractivity (Wildman–Crippen MR) is 110 cm³/mol. The van der Waals surface area contributed by atoms with Crippen molar-refractivity contribution in [2.75, 3.05) is 12.8 Å². The smallest absolute Gasteiger partial charge is 0.145 e. The molecule has 4 rings (SSSR count). The maximum Gasteiger partial charge on any atom is 0.145 e. The molecule has 8 nitrogen and oxygen atoms in total. The summed E-state index contributed by atoms with van der Waals surface area (Å²) in [6.45, 7) is 3.85. The van der Waals surface area contributed by atoms with Crippen molar-refractivity contribution in [2.24, 2.45) is 0 Å². The molecule has 0 atom stereocenters. The van der Waals surface area contributed by atoms with Gasteiger partial charge in [-0.05, 0) is 38.1 Å². The molecule has 3 N–H and O–H groups in total. The summed E-state index contributed by atoms with van der Waals surface area (Å²) < 4.78 is 7.11. The maximum atomic E-state index is 10.2. The van der Waals surface area contributed by atoms with Crippen LogP contribution in [0.4, 0.5) is 5.82 Å². The van der Waals surface area contributed by atoms with Gasteiger partial charge in [-0.1, -0.05) is 23.4 Å². The summed E-state index contributed by atoms with van der Waals surface area (Å²) in [5, 5.41) is 19.6. The van der Waals surface area contributed by atoms with Crippen LogP contribution in [0.5, 0.6) is 5.75 Å². The van der Waals surface area contributed by atoms with E-state index >= 15 is 0 Å². The number of rotatable bonds is 5. The highest BCUT2D eigenvalue weighted by Gasteiger charge is 2.18. The summed E-state index contributed by atoms with van der Waals surface area (Å²) >= 11 is 0. The second-order valence-corrected chi connectivity index (χ2v) is 7.33. The number of benzene rings is 1. The zero-order chi connectivity index (χ0) is 20.6. The minimum atomic E-state index is -1.00. The van der Waals surface area contributed by atoms with Gasteiger partial charge >= 0.3 is 0 Å². The molecule has 29 heavy (non-hydrogen) atoms. The van der Waals surface area contributed by atoms with E-state index < -0.39 is 5.60 Å². The molecule has 0 aliphatic carbocycles. The summed E-state index contributed by atoms with van der Waals surface area (Å²) in [5.74, 6) is 1.03. The highest BCUT2D eigenvalue weighted by molar-refractivity contribution is 5.97. The van der Waals surface area contributed by atoms with Gasteiger partial charge in [-0.25, -0.2) is 9.67 Å². The minimum Gasteiger partial charge on any atom is -0.494 e. The van der Waals surface area contributed by atoms with Gasteiger partial charge in [0.05, 0.1) is 31.2 Å². The third kappa shape index (κ3) is 3.74. The number of aliphatic hydroxyl groups is 1. The largest absolute Gasteiger partial charge is 0.494 e. The summed E-state index contributed by atoms with van der Waals surface area (Å²) in [4.78, 5) is 8.93. The van der Waals surface area contributed by atoms with Gasteiger partial charge in [0, 0.05) is 10.9 Å². The van der Waals surface area contributed by atoms with Gasteiger partial charge in [0.15, 0.2) is 0 Å². The number of ether oxygens (including phenoxy) is 1. The van der Waals surface area contributed by atoms with Crippen LogP contribution in [0, 0.1) is 0 Å². The number of para-hydroxylation sites is 1. The highest BCUT2D eigenvalue weighted by atomic mass is 16.5. The molecule has 0 radical (unpaired) electrons. The normalized spacial score (nSPS) is 11.7. The Morgan fingerprint density at radius 2 is 1.93 bits per heavy atom. The monoisotopic (exact) mass is 390 g/mol. The van der Waals surface area contributed by atoms with Crippen LogP contribution in [0.15, 0.2) is 48.7 Å². The van der Waals surface area contributed by atoms with E-state index in [4.69, 9.17) is 10.5 Å². The number of hydrogen-bond donors (Lipinski definition) is 2. The van der Waals surface area contributed by atoms with Crippen molar-refractivity contribution in [3.63, 3.8) is 0 Å². The molecule has 0 saturated heterocycles. The Morgan fingerprint density at radius 3 is 2.69 bits per heavy atom. The number of nitrogens with two attached hydrogens (primary N) is 1. The molecule has 0 bridgehead atoms. The SMILES string of the molecule is COc1cccc2c(-c3cn(Cc4cccc(C(C)(C)O)n4)nn3)cc(N)nc12. The van der Waals surface area contributed by atoms with E-state index in [1.54, 1.807) is 37.8 Å². The van der Waals surface area contributed by atoms with Crippen LogP contribution in [0.25, 0.3) is 22.2 Å². The number of hydrogen-bond acceptors (Lipinski definition) is 7. The van der Waals surface area contributed by atoms with Gasteiger partial charge < -0.3 is 15.6 Å². The van der Waals surface area contributed by atoms with E-state index in [2.05, 4.69) is 20.3 Å². The molecule has 1 aromatic carbocycles. The fourth-order valence-corrected chi connectivity index (χ4v) is 3.19. The first-order valence-electron chi connectivity index (χ1n) is 9.17. The lowest BCUT2D eigenvalue weighted by atomic mass is 10.0. The average Bonchev–Trinajstić information content (AvgIpc) is 3.14. The van der Waals surface area contributed by atoms with Gasteiger partial charge in [-0.2, -0.15) is 0 Å². The number of nitrogen functional groups attached to an aromatic ring is 1. The summed E-state index contributed by atoms with van der Waals surface area (Å²) in [5.41, 5.74) is 8.59. The van der Waals surface area contributed by atoms with E-state index in [-0.39, 0.29) is 0 Å². The Morgan fingerprint density at radius 1 is 1.14 bits per heavy atom. The third-order valence-electron chi connectivity index (χ3n) is 4.61. The maximum absolute atomic E-state index is 10.2. The van der Waals surface area contributed by atoms with Crippen molar-refractivity contribution in [1.29, 1.82) is 0 Å². The van der Waals surface area contributed by atoms with Crippen molar-refractivity contribution < 1.29 is 9.84 Å². The third-order valence-corrected chi connectivity index (χ3v) is 4.61. The summed E-state index contributed by atoms with van der Waals surface area (Å²) in [6, 6.07) is 13.0. The highest BCUT2D eigenvalue weighted by Crippen LogP contribution is 2.32. The lowest BCUT2D eigenvalue weighted by molar-refractivity contribution is 0.0736. The molecular weight excluding hydrogens is 368 g/mol. The second kappa shape index (κ2) is 7.14. The molecule has 4 aromatic rings. The number of anilines is 1. The van der Waals surface area contributed by atoms with Crippen LogP contribution in [0.1, 0.15) is 25.2 Å². The van der Waals surface area contributed by atoms with E-state index in [0.717, 1.165) is 16.6 Å². The van der Waals surface area contributed by atoms with Crippen molar-refractivity contribution in [2.45, 2.75) is 26.0 Å². The molecular formula is C21H22N6O2. The Kier molecular flexibility index (Phi) is 4.63. The van der Waals surface area contributed by atoms with Gasteiger partial charge in [-0.3, -0.25) is 4.98 Å². The first-order chi connectivity index (χ1) is 13.8. The van der Waals surface area contributed by atoms with E-state index in [9.17, 15) is 5.11 Å². The Bertz CT molecular complexity index is 1180. The lowest BCUT2D eigenvalue weighted by Crippen LogP contribution is -2.18. The number of pyridine rings is 2. The molecule has 0 spiro atoms. The summed E-state index contributed by atoms with van der Waals surface area (Å²) in [6.07, 6.45) is 1.84. The molecule has 8 heteroatoms. The van der Waals surface area contributed by atoms with E-state index in [1.165, 1.54) is 0 Å². The van der Waals surface area contributed by atoms with Crippen molar-refractivity contribution >= 4 is 16.7 Å². The van der Waals surface area contributed by atoms with Crippen LogP contribution < -0.4 is 10.5 Å². The van der Waals surface area contributed by atoms with Gasteiger partial charge in [0.1, 0.15) is 28.4 Å². The zero-order valence-electron chi connectivity index (χ0n) is 16.5. The predicted octanol–water partition coefficient (Wildman–Crippen LogP) is 2.75. The minimum absolute atomic E-state index is 0.381. The molecule has 0 saturated carbocycles. The van der Waals surface area contributed by atoms with E-state index in [1.807, 2.05) is 36.5 Å². The second-order valence-electron chi connectivity index (χ2n) is 7.33. The molecule has 0 unspecified atom stereocenters. The Balaban J connectivity index is 1.70. The first-order valence-corrected chi connectivity index (χ1v) is 9.17. The van der Waals surface area contributed by atoms with Crippen LogP contribution >= 0.6 is 0 Å². The zero-order valence-corrected chi connectivity index (χ0v) is 16.5. The Hall–Kier alpha value is -3.52. The van der Waals surface area contributed by atoms with Crippen molar-refractivity contribution in [3.05, 3.63) is 60.0 Å². The standard InChI is InChI=1S/C21H22N6O2/c1-21(2,28)18-9-4-6-13(23-18)11-27-12-16(25-26-27)15-10-19(22)24-20-14(15)7-5-8-17(20)29-3/h4-10,12,28H,11H2,1-3H3,(H2,22,24). The van der Waals surface area contributed by atoms with Gasteiger partial charge in [0.25, 0.3) is 0 Å². The molecule has 3 aromatic heterocycles. The van der Waals surface area contributed by atoms with Crippen molar-refractivity contribution in [3.8, 4) is 17.0 Å². The summed E-state index contributed by atoms with van der Waals surface area (Å²) in [7, 11) is 1.60. The fourth-order valence-electron chi connectivity index (χ4n) is 3.19. The van der Waals surface area contributed by atoms with Crippen LogP contribution in [0.2, 0.25) is 0 Å². The fraction of sp³-hybridized carbons (Fsp3) is 0.238. The van der Waals surface area contributed by atoms with Crippen LogP contribution in [-0.2, 0) is 12.1 Å². The number of methoxy groups -OCH3 is 1. The quantitative estimate of drug-likeness (QED) is 0.539. The number of aromatic nitrogens is 5. The molecule has 0 amide bonds. The Labute approximate surface area is 168 Å². The molecule has 0 fully saturated rings. The van der Waals surface area contributed by atoms with Crippen LogP contribution in [-0.4, -0.2) is 37.2 Å². The average molecular weight is 390 g/mol. The topological polar surface area (TPSA) is 112 Å². The molecule has 148 valence electrons. The molecule has 0 aliphatic heterocycles. The van der Waals surface area contributed by atoms with Crippen LogP contribution in [0.3, 0.4) is 0 Å². The lowest BCUT2D eigenvalue weighted by Gasteiger charge is -2.17. The molecule has 0 aliphatic rings. The number of nitrogens with zero attached hydrogens (tertiary/aromatic N) is 5.